The van der Waals surface area contributed by atoms with Crippen molar-refractivity contribution in [3.8, 4) is 0 Å². The monoisotopic (exact) mass is 229 g/mol. The summed E-state index contributed by atoms with van der Waals surface area (Å²) in [4.78, 5) is 11.5. The number of hydrogen-bond acceptors (Lipinski definition) is 4. The summed E-state index contributed by atoms with van der Waals surface area (Å²) >= 11 is 0. The highest BCUT2D eigenvalue weighted by molar-refractivity contribution is 5.70. The minimum atomic E-state index is -0.310. The zero-order chi connectivity index (χ0) is 12.0. The Bertz CT molecular complexity index is 222. The van der Waals surface area contributed by atoms with Gasteiger partial charge in [-0.25, -0.2) is 0 Å². The van der Waals surface area contributed by atoms with Crippen LogP contribution in [-0.2, 0) is 14.3 Å². The second-order valence-corrected chi connectivity index (χ2v) is 4.89. The Labute approximate surface area is 97.5 Å². The van der Waals surface area contributed by atoms with Crippen LogP contribution >= 0.6 is 0 Å². The number of hydrogen-bond donors (Lipinski definition) is 1. The van der Waals surface area contributed by atoms with Crippen LogP contribution in [0.25, 0.3) is 0 Å². The predicted molar refractivity (Wildman–Crippen MR) is 62.1 cm³/mol. The molecule has 0 aromatic rings. The fraction of sp³-hybridized carbons (Fsp3) is 0.917. The molecule has 0 spiro atoms. The van der Waals surface area contributed by atoms with E-state index in [2.05, 4.69) is 0 Å². The van der Waals surface area contributed by atoms with Gasteiger partial charge in [-0.1, -0.05) is 12.8 Å². The van der Waals surface area contributed by atoms with Crippen LogP contribution in [0.4, 0.5) is 0 Å². The van der Waals surface area contributed by atoms with E-state index in [1.165, 1.54) is 0 Å². The zero-order valence-corrected chi connectivity index (χ0v) is 10.3. The lowest BCUT2D eigenvalue weighted by Crippen LogP contribution is -2.39. The Morgan fingerprint density at radius 2 is 1.94 bits per heavy atom. The van der Waals surface area contributed by atoms with Crippen molar-refractivity contribution >= 4 is 5.97 Å². The lowest BCUT2D eigenvalue weighted by molar-refractivity contribution is -0.147. The molecular formula is C12H23NO3. The average Bonchev–Trinajstić information content (AvgIpc) is 2.59. The van der Waals surface area contributed by atoms with Crippen molar-refractivity contribution in [3.63, 3.8) is 0 Å². The lowest BCUT2D eigenvalue weighted by atomic mass is 9.95. The summed E-state index contributed by atoms with van der Waals surface area (Å²) in [5.74, 6) is -0.197. The highest BCUT2D eigenvalue weighted by Gasteiger charge is 2.32. The minimum Gasteiger partial charge on any atom is -0.463 e. The number of ether oxygens (including phenoxy) is 2. The normalized spacial score (nSPS) is 19.0. The van der Waals surface area contributed by atoms with E-state index < -0.39 is 0 Å². The van der Waals surface area contributed by atoms with Gasteiger partial charge in [0, 0.05) is 5.54 Å². The molecule has 0 unspecified atom stereocenters. The zero-order valence-electron chi connectivity index (χ0n) is 10.3. The molecule has 0 radical (unpaired) electrons. The molecule has 1 aliphatic carbocycles. The third-order valence-corrected chi connectivity index (χ3v) is 2.89. The molecule has 0 aromatic carbocycles. The van der Waals surface area contributed by atoms with Gasteiger partial charge in [0.2, 0.25) is 0 Å². The van der Waals surface area contributed by atoms with Gasteiger partial charge in [-0.2, -0.15) is 0 Å². The lowest BCUT2D eigenvalue weighted by Gasteiger charge is -2.21. The van der Waals surface area contributed by atoms with Gasteiger partial charge in [0.15, 0.2) is 0 Å². The predicted octanol–water partition coefficient (Wildman–Crippen LogP) is 1.62. The van der Waals surface area contributed by atoms with Crippen LogP contribution in [0.3, 0.4) is 0 Å². The van der Waals surface area contributed by atoms with E-state index in [0.29, 0.717) is 19.6 Å². The first-order valence-corrected chi connectivity index (χ1v) is 6.08. The van der Waals surface area contributed by atoms with E-state index in [4.69, 9.17) is 15.2 Å². The molecule has 0 heterocycles. The van der Waals surface area contributed by atoms with Gasteiger partial charge in [-0.15, -0.1) is 0 Å². The van der Waals surface area contributed by atoms with Crippen molar-refractivity contribution in [2.45, 2.75) is 57.6 Å². The molecule has 4 heteroatoms. The van der Waals surface area contributed by atoms with Crippen molar-refractivity contribution in [3.05, 3.63) is 0 Å². The Hall–Kier alpha value is -0.610. The van der Waals surface area contributed by atoms with Crippen LogP contribution in [0.1, 0.15) is 46.0 Å². The maximum atomic E-state index is 11.5. The van der Waals surface area contributed by atoms with E-state index in [9.17, 15) is 4.79 Å². The summed E-state index contributed by atoms with van der Waals surface area (Å²) in [6, 6.07) is 0. The Morgan fingerprint density at radius 1 is 1.31 bits per heavy atom. The highest BCUT2D eigenvalue weighted by atomic mass is 16.6. The molecule has 94 valence electrons. The molecular weight excluding hydrogens is 206 g/mol. The third-order valence-electron chi connectivity index (χ3n) is 2.89. The molecule has 4 nitrogen and oxygen atoms in total. The van der Waals surface area contributed by atoms with Gasteiger partial charge in [-0.3, -0.25) is 4.79 Å². The van der Waals surface area contributed by atoms with Gasteiger partial charge < -0.3 is 15.2 Å². The summed E-state index contributed by atoms with van der Waals surface area (Å²) in [6.45, 7) is 4.69. The maximum absolute atomic E-state index is 11.5. The van der Waals surface area contributed by atoms with E-state index in [-0.39, 0.29) is 17.6 Å². The molecule has 1 rings (SSSR count). The van der Waals surface area contributed by atoms with E-state index >= 15 is 0 Å². The molecule has 2 N–H and O–H groups in total. The summed E-state index contributed by atoms with van der Waals surface area (Å²) in [6.07, 6.45) is 4.64. The number of nitrogens with two attached hydrogens (primary N) is 1. The molecule has 0 saturated heterocycles. The first-order valence-electron chi connectivity index (χ1n) is 6.08. The molecule has 1 saturated carbocycles. The first kappa shape index (κ1) is 13.5. The van der Waals surface area contributed by atoms with Crippen LogP contribution in [0.15, 0.2) is 0 Å². The average molecular weight is 229 g/mol. The minimum absolute atomic E-state index is 0.175. The molecule has 16 heavy (non-hydrogen) atoms. The Morgan fingerprint density at radius 3 is 2.50 bits per heavy atom. The van der Waals surface area contributed by atoms with E-state index in [1.807, 2.05) is 13.8 Å². The summed E-state index contributed by atoms with van der Waals surface area (Å²) in [7, 11) is 0. The topological polar surface area (TPSA) is 61.5 Å². The highest BCUT2D eigenvalue weighted by Crippen LogP contribution is 2.30. The standard InChI is InChI=1S/C12H23NO3/c1-10(2)15-7-8-16-11(14)9-12(13)5-3-4-6-12/h10H,3-9,13H2,1-2H3. The van der Waals surface area contributed by atoms with Crippen LogP contribution in [0, 0.1) is 0 Å². The summed E-state index contributed by atoms with van der Waals surface area (Å²) < 4.78 is 10.4. The van der Waals surface area contributed by atoms with Crippen LogP contribution in [0.2, 0.25) is 0 Å². The molecule has 0 aromatic heterocycles. The van der Waals surface area contributed by atoms with Gasteiger partial charge in [0.25, 0.3) is 0 Å². The SMILES string of the molecule is CC(C)OCCOC(=O)CC1(N)CCCC1. The van der Waals surface area contributed by atoms with Crippen LogP contribution in [-0.4, -0.2) is 30.8 Å². The van der Waals surface area contributed by atoms with Gasteiger partial charge in [0.1, 0.15) is 6.61 Å². The van der Waals surface area contributed by atoms with Crippen LogP contribution in [0.5, 0.6) is 0 Å². The Balaban J connectivity index is 2.11. The van der Waals surface area contributed by atoms with E-state index in [1.54, 1.807) is 0 Å². The summed E-state index contributed by atoms with van der Waals surface area (Å²) in [5, 5.41) is 0. The van der Waals surface area contributed by atoms with Crippen molar-refractivity contribution in [1.29, 1.82) is 0 Å². The largest absolute Gasteiger partial charge is 0.463 e. The number of carbonyl (C=O) groups excluding carboxylic acids is 1. The molecule has 0 atom stereocenters. The fourth-order valence-electron chi connectivity index (χ4n) is 2.03. The van der Waals surface area contributed by atoms with Crippen molar-refractivity contribution in [1.82, 2.24) is 0 Å². The van der Waals surface area contributed by atoms with Gasteiger partial charge in [-0.05, 0) is 26.7 Å². The van der Waals surface area contributed by atoms with Crippen molar-refractivity contribution < 1.29 is 14.3 Å². The Kier molecular flexibility index (Phi) is 5.22. The summed E-state index contributed by atoms with van der Waals surface area (Å²) in [5.41, 5.74) is 5.77. The molecule has 0 bridgehead atoms. The molecule has 0 aliphatic heterocycles. The molecule has 1 aliphatic rings. The second-order valence-electron chi connectivity index (χ2n) is 4.89. The van der Waals surface area contributed by atoms with E-state index in [0.717, 1.165) is 25.7 Å². The quantitative estimate of drug-likeness (QED) is 0.555. The van der Waals surface area contributed by atoms with Gasteiger partial charge in [0.05, 0.1) is 19.1 Å². The van der Waals surface area contributed by atoms with Gasteiger partial charge >= 0.3 is 5.97 Å². The fourth-order valence-corrected chi connectivity index (χ4v) is 2.03. The first-order chi connectivity index (χ1) is 7.52. The smallest absolute Gasteiger partial charge is 0.307 e. The van der Waals surface area contributed by atoms with Crippen molar-refractivity contribution in [2.24, 2.45) is 5.73 Å². The van der Waals surface area contributed by atoms with Crippen LogP contribution < -0.4 is 5.73 Å². The number of rotatable bonds is 6. The third kappa shape index (κ3) is 4.94. The molecule has 1 fully saturated rings. The maximum Gasteiger partial charge on any atom is 0.307 e. The van der Waals surface area contributed by atoms with Crippen molar-refractivity contribution in [2.75, 3.05) is 13.2 Å². The second kappa shape index (κ2) is 6.21. The number of esters is 1. The molecule has 0 amide bonds. The number of carbonyl (C=O) groups is 1.